The van der Waals surface area contributed by atoms with Crippen molar-refractivity contribution >= 4 is 23.9 Å². The fourth-order valence-electron chi connectivity index (χ4n) is 6.14. The Balaban J connectivity index is 4.52. The Morgan fingerprint density at radius 2 is 1.04 bits per heavy atom. The van der Waals surface area contributed by atoms with Crippen LogP contribution in [0.1, 0.15) is 202 Å². The molecule has 0 aromatic carbocycles. The number of amides is 3. The summed E-state index contributed by atoms with van der Waals surface area (Å²) in [6, 6.07) is -0.755. The second-order valence-corrected chi connectivity index (χ2v) is 15.5. The smallest absolute Gasteiger partial charge is 0.414 e. The fourth-order valence-corrected chi connectivity index (χ4v) is 6.14. The Bertz CT molecular complexity index is 864. The Hall–Kier alpha value is -2.36. The molecule has 0 fully saturated rings. The van der Waals surface area contributed by atoms with Gasteiger partial charge >= 0.3 is 6.09 Å². The standard InChI is InChI=1S/C41H82N6O4/c1-6-8-10-12-14-16-18-20-22-24-26-28-33-47(34-29-27-25-23-21-19-17-15-13-11-9-7-2)37(48)35-45-38(49)36(42)31-30-32-44-39(43)46-40(50)51-41(3,4)5/h36H,6-35,42H2,1-5H3,(H,45,49)(H3,43,44,46,50)/t36-/m0/s1. The highest BCUT2D eigenvalue weighted by molar-refractivity contribution is 5.93. The molecule has 0 aliphatic carbocycles. The van der Waals surface area contributed by atoms with Crippen LogP contribution < -0.4 is 22.1 Å². The molecule has 51 heavy (non-hydrogen) atoms. The molecule has 10 heteroatoms. The van der Waals surface area contributed by atoms with E-state index in [1.165, 1.54) is 128 Å². The van der Waals surface area contributed by atoms with Crippen LogP contribution in [0.5, 0.6) is 0 Å². The van der Waals surface area contributed by atoms with E-state index in [1.807, 2.05) is 4.90 Å². The van der Waals surface area contributed by atoms with Gasteiger partial charge in [-0.3, -0.25) is 19.9 Å². The molecular weight excluding hydrogens is 640 g/mol. The van der Waals surface area contributed by atoms with Crippen LogP contribution in [0.4, 0.5) is 4.79 Å². The van der Waals surface area contributed by atoms with E-state index in [9.17, 15) is 14.4 Å². The molecule has 0 spiro atoms. The van der Waals surface area contributed by atoms with E-state index in [1.54, 1.807) is 20.8 Å². The average molecular weight is 723 g/mol. The second kappa shape index (κ2) is 33.5. The first-order valence-corrected chi connectivity index (χ1v) is 21.1. The van der Waals surface area contributed by atoms with Gasteiger partial charge in [0.15, 0.2) is 5.96 Å². The molecule has 0 aliphatic heterocycles. The molecular formula is C41H82N6O4. The quantitative estimate of drug-likeness (QED) is 0.0301. The van der Waals surface area contributed by atoms with Crippen LogP contribution in [0.2, 0.25) is 0 Å². The number of nitrogens with zero attached hydrogens (tertiary/aromatic N) is 2. The summed E-state index contributed by atoms with van der Waals surface area (Å²) in [5, 5.41) is 5.14. The van der Waals surface area contributed by atoms with Crippen molar-refractivity contribution in [1.29, 1.82) is 0 Å². The summed E-state index contributed by atoms with van der Waals surface area (Å²) in [6.45, 7) is 11.6. The van der Waals surface area contributed by atoms with Crippen molar-refractivity contribution in [2.24, 2.45) is 16.5 Å². The normalized spacial score (nSPS) is 12.5. The van der Waals surface area contributed by atoms with Crippen molar-refractivity contribution in [3.63, 3.8) is 0 Å². The lowest BCUT2D eigenvalue weighted by Gasteiger charge is -2.23. The van der Waals surface area contributed by atoms with Crippen molar-refractivity contribution < 1.29 is 19.1 Å². The van der Waals surface area contributed by atoms with E-state index >= 15 is 0 Å². The predicted octanol–water partition coefficient (Wildman–Crippen LogP) is 9.28. The number of ether oxygens (including phenoxy) is 1. The number of nitrogens with two attached hydrogens (primary N) is 2. The first-order chi connectivity index (χ1) is 24.5. The molecule has 0 saturated heterocycles. The van der Waals surface area contributed by atoms with Crippen molar-refractivity contribution in [3.05, 3.63) is 0 Å². The summed E-state index contributed by atoms with van der Waals surface area (Å²) in [5.41, 5.74) is 11.2. The van der Waals surface area contributed by atoms with Gasteiger partial charge < -0.3 is 26.4 Å². The van der Waals surface area contributed by atoms with Crippen LogP contribution in [0, 0.1) is 0 Å². The van der Waals surface area contributed by atoms with Crippen LogP contribution >= 0.6 is 0 Å². The van der Waals surface area contributed by atoms with Gasteiger partial charge in [-0.2, -0.15) is 0 Å². The van der Waals surface area contributed by atoms with Gasteiger partial charge in [-0.1, -0.05) is 155 Å². The number of rotatable bonds is 33. The van der Waals surface area contributed by atoms with E-state index in [0.29, 0.717) is 19.4 Å². The zero-order chi connectivity index (χ0) is 38.0. The second-order valence-electron chi connectivity index (χ2n) is 15.5. The topological polar surface area (TPSA) is 152 Å². The lowest BCUT2D eigenvalue weighted by Crippen LogP contribution is -2.46. The van der Waals surface area contributed by atoms with Crippen molar-refractivity contribution in [3.8, 4) is 0 Å². The molecule has 300 valence electrons. The van der Waals surface area contributed by atoms with Crippen LogP contribution in [-0.4, -0.2) is 66.6 Å². The van der Waals surface area contributed by atoms with Gasteiger partial charge in [0.05, 0.1) is 12.6 Å². The van der Waals surface area contributed by atoms with Gasteiger partial charge in [0, 0.05) is 19.6 Å². The average Bonchev–Trinajstić information content (AvgIpc) is 3.07. The molecule has 0 bridgehead atoms. The van der Waals surface area contributed by atoms with E-state index in [2.05, 4.69) is 29.5 Å². The van der Waals surface area contributed by atoms with Gasteiger partial charge in [0.2, 0.25) is 11.8 Å². The Morgan fingerprint density at radius 1 is 0.647 bits per heavy atom. The maximum atomic E-state index is 13.2. The number of carbonyl (C=O) groups is 3. The molecule has 0 aromatic rings. The lowest BCUT2D eigenvalue weighted by atomic mass is 10.0. The van der Waals surface area contributed by atoms with Crippen LogP contribution in [0.3, 0.4) is 0 Å². The molecule has 0 rings (SSSR count). The third-order valence-electron chi connectivity index (χ3n) is 9.25. The number of hydrogen-bond donors (Lipinski definition) is 4. The fraction of sp³-hybridized carbons (Fsp3) is 0.902. The molecule has 3 amide bonds. The zero-order valence-electron chi connectivity index (χ0n) is 34.0. The molecule has 6 N–H and O–H groups in total. The summed E-state index contributed by atoms with van der Waals surface area (Å²) < 4.78 is 5.15. The van der Waals surface area contributed by atoms with Gasteiger partial charge in [-0.05, 0) is 46.5 Å². The Morgan fingerprint density at radius 3 is 1.43 bits per heavy atom. The zero-order valence-corrected chi connectivity index (χ0v) is 34.0. The summed E-state index contributed by atoms with van der Waals surface area (Å²) >= 11 is 0. The van der Waals surface area contributed by atoms with E-state index in [0.717, 1.165) is 38.8 Å². The molecule has 0 heterocycles. The highest BCUT2D eigenvalue weighted by atomic mass is 16.6. The largest absolute Gasteiger partial charge is 0.444 e. The Labute approximate surface area is 313 Å². The van der Waals surface area contributed by atoms with Crippen LogP contribution in [0.15, 0.2) is 4.99 Å². The predicted molar refractivity (Wildman–Crippen MR) is 215 cm³/mol. The number of alkyl carbamates (subject to hydrolysis) is 1. The maximum absolute atomic E-state index is 13.2. The Kier molecular flexibility index (Phi) is 31.9. The van der Waals surface area contributed by atoms with E-state index in [4.69, 9.17) is 16.2 Å². The summed E-state index contributed by atoms with van der Waals surface area (Å²) in [4.78, 5) is 43.8. The molecule has 0 aliphatic rings. The number of nitrogens with one attached hydrogen (secondary N) is 2. The first-order valence-electron chi connectivity index (χ1n) is 21.1. The van der Waals surface area contributed by atoms with Crippen LogP contribution in [-0.2, 0) is 14.3 Å². The summed E-state index contributed by atoms with van der Waals surface area (Å²) in [6.07, 6.45) is 31.1. The monoisotopic (exact) mass is 723 g/mol. The molecule has 0 radical (unpaired) electrons. The van der Waals surface area contributed by atoms with E-state index < -0.39 is 17.7 Å². The number of hydrogen-bond acceptors (Lipinski definition) is 6. The highest BCUT2D eigenvalue weighted by Gasteiger charge is 2.18. The van der Waals surface area contributed by atoms with Crippen molar-refractivity contribution in [1.82, 2.24) is 15.5 Å². The van der Waals surface area contributed by atoms with Gasteiger partial charge in [-0.15, -0.1) is 0 Å². The highest BCUT2D eigenvalue weighted by Crippen LogP contribution is 2.14. The molecule has 0 saturated carbocycles. The van der Waals surface area contributed by atoms with Crippen LogP contribution in [0.25, 0.3) is 0 Å². The molecule has 0 aromatic heterocycles. The minimum atomic E-state index is -0.755. The number of unbranched alkanes of at least 4 members (excludes halogenated alkanes) is 22. The van der Waals surface area contributed by atoms with E-state index in [-0.39, 0.29) is 24.3 Å². The summed E-state index contributed by atoms with van der Waals surface area (Å²) in [7, 11) is 0. The number of aliphatic imine (C=N–C) groups is 1. The first kappa shape index (κ1) is 48.6. The third-order valence-corrected chi connectivity index (χ3v) is 9.25. The van der Waals surface area contributed by atoms with Crippen molar-refractivity contribution in [2.75, 3.05) is 26.2 Å². The van der Waals surface area contributed by atoms with Gasteiger partial charge in [0.1, 0.15) is 5.60 Å². The maximum Gasteiger partial charge on any atom is 0.414 e. The minimum Gasteiger partial charge on any atom is -0.444 e. The summed E-state index contributed by atoms with van der Waals surface area (Å²) in [5.74, 6) is -0.426. The molecule has 10 nitrogen and oxygen atoms in total. The lowest BCUT2D eigenvalue weighted by molar-refractivity contribution is -0.133. The van der Waals surface area contributed by atoms with Gasteiger partial charge in [-0.25, -0.2) is 4.79 Å². The van der Waals surface area contributed by atoms with Gasteiger partial charge in [0.25, 0.3) is 0 Å². The number of carbonyl (C=O) groups excluding carboxylic acids is 3. The SMILES string of the molecule is CCCCCCCCCCCCCCN(CCCCCCCCCCCCCC)C(=O)CNC(=O)[C@@H](N)CCCN=C(N)NC(=O)OC(C)(C)C. The minimum absolute atomic E-state index is 0.0338. The molecule has 0 unspecified atom stereocenters. The number of guanidine groups is 1. The molecule has 1 atom stereocenters. The van der Waals surface area contributed by atoms with Crippen molar-refractivity contribution in [2.45, 2.75) is 213 Å². The third kappa shape index (κ3) is 33.2.